The van der Waals surface area contributed by atoms with E-state index in [1.807, 2.05) is 0 Å². The molecule has 0 amide bonds. The first kappa shape index (κ1) is 19.6. The van der Waals surface area contributed by atoms with Gasteiger partial charge in [-0.25, -0.2) is 15.0 Å². The van der Waals surface area contributed by atoms with Gasteiger partial charge in [0.25, 0.3) is 0 Å². The largest absolute Gasteiger partial charge is 0.507 e. The Bertz CT molecular complexity index is 1020. The molecule has 1 aromatic carbocycles. The molecule has 1 aliphatic rings. The highest BCUT2D eigenvalue weighted by Gasteiger charge is 2.44. The van der Waals surface area contributed by atoms with Crippen molar-refractivity contribution in [2.45, 2.75) is 31.1 Å². The number of aromatic hydroxyl groups is 2. The summed E-state index contributed by atoms with van der Waals surface area (Å²) in [7, 11) is 0. The third-order valence-electron chi connectivity index (χ3n) is 4.75. The maximum atomic E-state index is 10.2. The van der Waals surface area contributed by atoms with Gasteiger partial charge in [0.1, 0.15) is 36.1 Å². The van der Waals surface area contributed by atoms with Crippen LogP contribution in [0.5, 0.6) is 11.5 Å². The number of benzene rings is 1. The molecule has 154 valence electrons. The fraction of sp³-hybridized carbons (Fsp3) is 0.353. The van der Waals surface area contributed by atoms with E-state index in [0.717, 1.165) is 0 Å². The van der Waals surface area contributed by atoms with Gasteiger partial charge in [-0.3, -0.25) is 4.57 Å². The minimum atomic E-state index is -1.28. The molecule has 0 saturated carbocycles. The Balaban J connectivity index is 1.62. The summed E-state index contributed by atoms with van der Waals surface area (Å²) in [6, 6.07) is 2.62. The molecular formula is C17H18ClN5O6. The molecule has 0 spiro atoms. The summed E-state index contributed by atoms with van der Waals surface area (Å²) >= 11 is 5.79. The van der Waals surface area contributed by atoms with Gasteiger partial charge in [0.05, 0.1) is 18.5 Å². The van der Waals surface area contributed by atoms with E-state index in [2.05, 4.69) is 20.3 Å². The van der Waals surface area contributed by atoms with Crippen LogP contribution in [0.3, 0.4) is 0 Å². The summed E-state index contributed by atoms with van der Waals surface area (Å²) < 4.78 is 6.95. The highest BCUT2D eigenvalue weighted by Crippen LogP contribution is 2.34. The number of anilines is 1. The Kier molecular flexibility index (Phi) is 5.15. The van der Waals surface area contributed by atoms with Crippen molar-refractivity contribution >= 4 is 28.6 Å². The predicted molar refractivity (Wildman–Crippen MR) is 100 cm³/mol. The van der Waals surface area contributed by atoms with Crippen LogP contribution in [0.4, 0.5) is 5.82 Å². The van der Waals surface area contributed by atoms with E-state index in [9.17, 15) is 25.5 Å². The lowest BCUT2D eigenvalue weighted by Gasteiger charge is -2.16. The van der Waals surface area contributed by atoms with E-state index < -0.39 is 31.1 Å². The zero-order valence-corrected chi connectivity index (χ0v) is 15.6. The van der Waals surface area contributed by atoms with Crippen LogP contribution in [0.2, 0.25) is 5.02 Å². The molecule has 12 heteroatoms. The Morgan fingerprint density at radius 2 is 1.83 bits per heavy atom. The fourth-order valence-electron chi connectivity index (χ4n) is 3.24. The topological polar surface area (TPSA) is 166 Å². The Labute approximate surface area is 168 Å². The molecule has 0 bridgehead atoms. The summed E-state index contributed by atoms with van der Waals surface area (Å²) in [5, 5.41) is 52.6. The van der Waals surface area contributed by atoms with Crippen LogP contribution in [0.15, 0.2) is 24.8 Å². The average molecular weight is 424 g/mol. The number of fused-ring (bicyclic) bond motifs is 1. The quantitative estimate of drug-likeness (QED) is 0.331. The van der Waals surface area contributed by atoms with Crippen LogP contribution in [0.1, 0.15) is 11.8 Å². The predicted octanol–water partition coefficient (Wildman–Crippen LogP) is 0.114. The minimum Gasteiger partial charge on any atom is -0.507 e. The Hall–Kier alpha value is -2.70. The monoisotopic (exact) mass is 423 g/mol. The number of ether oxygens (including phenoxy) is 1. The maximum absolute atomic E-state index is 10.2. The summed E-state index contributed by atoms with van der Waals surface area (Å²) in [4.78, 5) is 12.5. The number of hydrogen-bond donors (Lipinski definition) is 6. The summed E-state index contributed by atoms with van der Waals surface area (Å²) in [6.07, 6.45) is -1.80. The minimum absolute atomic E-state index is 0.0294. The average Bonchev–Trinajstić information content (AvgIpc) is 3.23. The second-order valence-electron chi connectivity index (χ2n) is 6.55. The molecule has 6 N–H and O–H groups in total. The van der Waals surface area contributed by atoms with Gasteiger partial charge in [0.2, 0.25) is 0 Å². The number of aromatic nitrogens is 4. The van der Waals surface area contributed by atoms with E-state index in [-0.39, 0.29) is 28.6 Å². The molecule has 1 unspecified atom stereocenters. The molecule has 1 fully saturated rings. The van der Waals surface area contributed by atoms with E-state index >= 15 is 0 Å². The van der Waals surface area contributed by atoms with E-state index in [0.29, 0.717) is 17.0 Å². The first-order valence-corrected chi connectivity index (χ1v) is 9.02. The van der Waals surface area contributed by atoms with Crippen LogP contribution in [-0.4, -0.2) is 70.0 Å². The van der Waals surface area contributed by atoms with Gasteiger partial charge in [0, 0.05) is 11.6 Å². The highest BCUT2D eigenvalue weighted by molar-refractivity contribution is 6.30. The molecule has 11 nitrogen and oxygen atoms in total. The number of aliphatic hydroxyl groups excluding tert-OH is 3. The molecule has 2 aromatic heterocycles. The molecular weight excluding hydrogens is 406 g/mol. The lowest BCUT2D eigenvalue weighted by molar-refractivity contribution is -0.0511. The third-order valence-corrected chi connectivity index (χ3v) is 4.97. The first-order valence-electron chi connectivity index (χ1n) is 8.65. The maximum Gasteiger partial charge on any atom is 0.167 e. The van der Waals surface area contributed by atoms with Gasteiger partial charge in [-0.15, -0.1) is 0 Å². The molecule has 29 heavy (non-hydrogen) atoms. The van der Waals surface area contributed by atoms with Crippen LogP contribution in [0.25, 0.3) is 11.2 Å². The van der Waals surface area contributed by atoms with Crippen molar-refractivity contribution in [2.75, 3.05) is 11.9 Å². The number of nitrogens with zero attached hydrogens (tertiary/aromatic N) is 4. The molecule has 1 saturated heterocycles. The molecule has 3 heterocycles. The van der Waals surface area contributed by atoms with Crippen molar-refractivity contribution < 1.29 is 30.3 Å². The Morgan fingerprint density at radius 3 is 2.48 bits per heavy atom. The van der Waals surface area contributed by atoms with Gasteiger partial charge < -0.3 is 35.6 Å². The third kappa shape index (κ3) is 3.43. The number of hydrogen-bond acceptors (Lipinski definition) is 10. The number of nitrogens with one attached hydrogen (secondary N) is 1. The molecule has 1 aliphatic heterocycles. The van der Waals surface area contributed by atoms with E-state index in [1.54, 1.807) is 0 Å². The summed E-state index contributed by atoms with van der Waals surface area (Å²) in [5.74, 6) is -0.0380. The zero-order valence-electron chi connectivity index (χ0n) is 14.8. The zero-order chi connectivity index (χ0) is 20.7. The fourth-order valence-corrected chi connectivity index (χ4v) is 3.45. The normalized spacial score (nSPS) is 24.3. The van der Waals surface area contributed by atoms with Gasteiger partial charge in [-0.2, -0.15) is 0 Å². The smallest absolute Gasteiger partial charge is 0.167 e. The van der Waals surface area contributed by atoms with Gasteiger partial charge in [-0.1, -0.05) is 11.6 Å². The van der Waals surface area contributed by atoms with Crippen LogP contribution in [-0.2, 0) is 11.3 Å². The molecule has 0 aliphatic carbocycles. The van der Waals surface area contributed by atoms with Gasteiger partial charge in [-0.05, 0) is 12.1 Å². The Morgan fingerprint density at radius 1 is 1.10 bits per heavy atom. The highest BCUT2D eigenvalue weighted by atomic mass is 35.5. The molecule has 0 radical (unpaired) electrons. The van der Waals surface area contributed by atoms with E-state index in [4.69, 9.17) is 16.3 Å². The molecule has 3 aromatic rings. The van der Waals surface area contributed by atoms with E-state index in [1.165, 1.54) is 29.4 Å². The van der Waals surface area contributed by atoms with Gasteiger partial charge >= 0.3 is 0 Å². The SMILES string of the molecule is OC[C@H]1OC(n2cnc3c(NCc4c(O)cc(Cl)cc4O)ncnc32)[C@H](O)[C@@H]1O. The van der Waals surface area contributed by atoms with Crippen molar-refractivity contribution in [3.05, 3.63) is 35.4 Å². The second-order valence-corrected chi connectivity index (χ2v) is 6.99. The van der Waals surface area contributed by atoms with Gasteiger partial charge in [0.15, 0.2) is 23.2 Å². The number of phenols is 2. The number of rotatable bonds is 5. The van der Waals surface area contributed by atoms with Crippen molar-refractivity contribution in [2.24, 2.45) is 0 Å². The molecule has 4 rings (SSSR count). The molecule has 4 atom stereocenters. The standard InChI is InChI=1S/C17H18ClN5O6/c18-7-1-9(25)8(10(26)2-7)3-19-15-12-16(21-5-20-15)23(6-22-12)17-14(28)13(27)11(4-24)29-17/h1-2,5-6,11,13-14,17,24-28H,3-4H2,(H,19,20,21)/t11-,13-,14-,17?/m1/s1. The van der Waals surface area contributed by atoms with Crippen molar-refractivity contribution in [3.8, 4) is 11.5 Å². The van der Waals surface area contributed by atoms with Crippen LogP contribution in [0, 0.1) is 0 Å². The summed E-state index contributed by atoms with van der Waals surface area (Å²) in [6.45, 7) is -0.418. The first-order chi connectivity index (χ1) is 13.9. The lowest BCUT2D eigenvalue weighted by atomic mass is 10.1. The number of aliphatic hydroxyl groups is 3. The number of phenolic OH excluding ortho intramolecular Hbond substituents is 2. The number of imidazole rings is 1. The van der Waals surface area contributed by atoms with Crippen molar-refractivity contribution in [1.29, 1.82) is 0 Å². The van der Waals surface area contributed by atoms with Crippen LogP contribution >= 0.6 is 11.6 Å². The summed E-state index contributed by atoms with van der Waals surface area (Å²) in [5.41, 5.74) is 0.893. The van der Waals surface area contributed by atoms with Crippen molar-refractivity contribution in [3.63, 3.8) is 0 Å². The van der Waals surface area contributed by atoms with Crippen LogP contribution < -0.4 is 5.32 Å². The lowest BCUT2D eigenvalue weighted by Crippen LogP contribution is -2.33. The van der Waals surface area contributed by atoms with Crippen molar-refractivity contribution in [1.82, 2.24) is 19.5 Å². The number of halogens is 1. The second kappa shape index (κ2) is 7.61.